The molecule has 9 heteroatoms. The summed E-state index contributed by atoms with van der Waals surface area (Å²) < 4.78 is 0. The second-order valence-electron chi connectivity index (χ2n) is 7.07. The summed E-state index contributed by atoms with van der Waals surface area (Å²) in [6, 6.07) is 17.4. The van der Waals surface area contributed by atoms with Crippen molar-refractivity contribution >= 4 is 38.6 Å². The molecule has 0 heterocycles. The Morgan fingerprint density at radius 1 is 0.562 bits per heavy atom. The van der Waals surface area contributed by atoms with Crippen molar-refractivity contribution in [3.05, 3.63) is 100 Å². The summed E-state index contributed by atoms with van der Waals surface area (Å²) in [6.45, 7) is 0. The van der Waals surface area contributed by atoms with Crippen molar-refractivity contribution in [2.45, 2.75) is 5.54 Å². The molecule has 0 atom stereocenters. The first-order chi connectivity index (χ1) is 15.2. The zero-order valence-corrected chi connectivity index (χ0v) is 18.0. The van der Waals surface area contributed by atoms with Crippen LogP contribution in [-0.2, 0) is 0 Å². The molecule has 0 aliphatic carbocycles. The highest BCUT2D eigenvalue weighted by atomic mass is 28.2. The van der Waals surface area contributed by atoms with Crippen LogP contribution in [0, 0.1) is 0 Å². The van der Waals surface area contributed by atoms with E-state index in [4.69, 9.17) is 0 Å². The van der Waals surface area contributed by atoms with Crippen LogP contribution in [0.1, 0.15) is 58.1 Å². The normalized spacial score (nSPS) is 11.0. The summed E-state index contributed by atoms with van der Waals surface area (Å²) in [6.07, 6.45) is 0. The summed E-state index contributed by atoms with van der Waals surface area (Å²) in [5.74, 6) is -5.52. The molecule has 8 nitrogen and oxygen atoms in total. The number of carbonyl (C=O) groups is 4. The minimum Gasteiger partial charge on any atom is -0.478 e. The Morgan fingerprint density at radius 2 is 0.969 bits per heavy atom. The maximum atomic E-state index is 11.7. The summed E-state index contributed by atoms with van der Waals surface area (Å²) >= 11 is 0. The molecule has 0 saturated heterocycles. The molecule has 0 amide bonds. The molecule has 3 aromatic carbocycles. The smallest absolute Gasteiger partial charge is 0.336 e. The molecule has 3 rings (SSSR count). The van der Waals surface area contributed by atoms with E-state index in [1.54, 1.807) is 0 Å². The highest BCUT2D eigenvalue weighted by molar-refractivity contribution is 6.55. The zero-order chi connectivity index (χ0) is 23.4. The number of aromatic carboxylic acids is 4. The molecule has 32 heavy (non-hydrogen) atoms. The fourth-order valence-corrected chi connectivity index (χ4v) is 5.56. The Balaban J connectivity index is 2.20. The first kappa shape index (κ1) is 22.4. The lowest BCUT2D eigenvalue weighted by molar-refractivity contribution is 0.0651. The molecule has 0 radical (unpaired) electrons. The van der Waals surface area contributed by atoms with Gasteiger partial charge in [-0.2, -0.15) is 0 Å². The van der Waals surface area contributed by atoms with Gasteiger partial charge in [0.1, 0.15) is 0 Å². The van der Waals surface area contributed by atoms with Crippen LogP contribution in [0.2, 0.25) is 0 Å². The molecule has 0 aliphatic heterocycles. The molecule has 162 valence electrons. The lowest BCUT2D eigenvalue weighted by Crippen LogP contribution is -2.24. The van der Waals surface area contributed by atoms with Gasteiger partial charge >= 0.3 is 23.9 Å². The van der Waals surface area contributed by atoms with Gasteiger partial charge < -0.3 is 20.4 Å². The molecular formula is C23H18O8Si. The minimum atomic E-state index is -1.39. The van der Waals surface area contributed by atoms with Crippen molar-refractivity contribution in [2.24, 2.45) is 0 Å². The highest BCUT2D eigenvalue weighted by Gasteiger charge is 2.24. The van der Waals surface area contributed by atoms with E-state index in [1.807, 2.05) is 30.3 Å². The second-order valence-corrected chi connectivity index (χ2v) is 9.11. The third-order valence-electron chi connectivity index (χ3n) is 5.10. The maximum absolute atomic E-state index is 11.7. The van der Waals surface area contributed by atoms with E-state index in [1.165, 1.54) is 36.4 Å². The number of benzene rings is 3. The minimum absolute atomic E-state index is 0.353. The third-order valence-corrected chi connectivity index (χ3v) is 7.39. The Kier molecular flexibility index (Phi) is 6.50. The van der Waals surface area contributed by atoms with E-state index in [2.05, 4.69) is 0 Å². The lowest BCUT2D eigenvalue weighted by Gasteiger charge is -2.20. The van der Waals surface area contributed by atoms with E-state index in [9.17, 15) is 39.6 Å². The van der Waals surface area contributed by atoms with Gasteiger partial charge in [-0.25, -0.2) is 19.2 Å². The van der Waals surface area contributed by atoms with Gasteiger partial charge in [0, 0.05) is 5.54 Å². The molecular weight excluding hydrogens is 432 g/mol. The Morgan fingerprint density at radius 3 is 1.34 bits per heavy atom. The number of carboxylic acid groups (broad SMARTS) is 4. The summed E-state index contributed by atoms with van der Waals surface area (Å²) in [4.78, 5) is 46.2. The molecule has 0 bridgehead atoms. The zero-order valence-electron chi connectivity index (χ0n) is 16.6. The summed E-state index contributed by atoms with van der Waals surface area (Å²) in [5.41, 5.74) is -0.836. The molecule has 0 fully saturated rings. The molecule has 4 N–H and O–H groups in total. The second kappa shape index (κ2) is 9.27. The Bertz CT molecular complexity index is 1140. The Labute approximate surface area is 184 Å². The van der Waals surface area contributed by atoms with Crippen molar-refractivity contribution in [1.82, 2.24) is 0 Å². The van der Waals surface area contributed by atoms with Crippen LogP contribution >= 0.6 is 0 Å². The van der Waals surface area contributed by atoms with E-state index in [0.29, 0.717) is 11.1 Å². The van der Waals surface area contributed by atoms with Crippen molar-refractivity contribution in [3.8, 4) is 0 Å². The van der Waals surface area contributed by atoms with E-state index >= 15 is 0 Å². The highest BCUT2D eigenvalue weighted by Crippen LogP contribution is 2.28. The van der Waals surface area contributed by atoms with Crippen LogP contribution in [-0.4, -0.2) is 53.8 Å². The van der Waals surface area contributed by atoms with Crippen LogP contribution in [0.15, 0.2) is 66.7 Å². The largest absolute Gasteiger partial charge is 0.478 e. The topological polar surface area (TPSA) is 149 Å². The lowest BCUT2D eigenvalue weighted by atomic mass is 9.96. The predicted octanol–water partition coefficient (Wildman–Crippen LogP) is 2.06. The molecule has 0 aliphatic rings. The average Bonchev–Trinajstić information content (AvgIpc) is 2.77. The molecule has 0 saturated carbocycles. The number of rotatable bonds is 8. The Hall–Kier alpha value is -4.24. The van der Waals surface area contributed by atoms with E-state index < -0.39 is 38.9 Å². The van der Waals surface area contributed by atoms with Crippen LogP contribution < -0.4 is 5.19 Å². The molecule has 0 spiro atoms. The third kappa shape index (κ3) is 4.73. The van der Waals surface area contributed by atoms with Crippen LogP contribution in [0.4, 0.5) is 0 Å². The van der Waals surface area contributed by atoms with Gasteiger partial charge in [-0.05, 0) is 35.4 Å². The summed E-state index contributed by atoms with van der Waals surface area (Å²) in [7, 11) is -1.22. The number of carboxylic acids is 4. The quantitative estimate of drug-likeness (QED) is 0.381. The first-order valence-corrected chi connectivity index (χ1v) is 11.0. The van der Waals surface area contributed by atoms with Gasteiger partial charge in [0.25, 0.3) is 0 Å². The van der Waals surface area contributed by atoms with Gasteiger partial charge in [-0.15, -0.1) is 0 Å². The average molecular weight is 450 g/mol. The van der Waals surface area contributed by atoms with Gasteiger partial charge in [0.05, 0.1) is 31.8 Å². The summed E-state index contributed by atoms with van der Waals surface area (Å²) in [5, 5.41) is 38.6. The van der Waals surface area contributed by atoms with Crippen molar-refractivity contribution < 1.29 is 39.6 Å². The van der Waals surface area contributed by atoms with Crippen LogP contribution in [0.5, 0.6) is 0 Å². The molecule has 0 unspecified atom stereocenters. The monoisotopic (exact) mass is 450 g/mol. The molecule has 0 aromatic heterocycles. The first-order valence-electron chi connectivity index (χ1n) is 9.44. The standard InChI is InChI=1S/C23H18O8Si/c24-20(25)15-8-6-12(10-17(15)22(28)29)19(32-14-4-2-1-3-5-14)13-7-9-16(21(26)27)18(11-13)23(30)31/h1-11,19H,32H2,(H,24,25)(H,26,27)(H,28,29)(H,30,31). The van der Waals surface area contributed by atoms with Gasteiger partial charge in [0.2, 0.25) is 0 Å². The van der Waals surface area contributed by atoms with E-state index in [0.717, 1.165) is 5.19 Å². The van der Waals surface area contributed by atoms with Crippen molar-refractivity contribution in [2.75, 3.05) is 0 Å². The van der Waals surface area contributed by atoms with Gasteiger partial charge in [0.15, 0.2) is 0 Å². The van der Waals surface area contributed by atoms with Crippen molar-refractivity contribution in [3.63, 3.8) is 0 Å². The fourth-order valence-electron chi connectivity index (χ4n) is 3.56. The SMILES string of the molecule is O=C(O)c1ccc(C([SiH2]c2ccccc2)c2ccc(C(=O)O)c(C(=O)O)c2)cc1C(=O)O. The number of hydrogen-bond acceptors (Lipinski definition) is 4. The predicted molar refractivity (Wildman–Crippen MR) is 117 cm³/mol. The number of hydrogen-bond donors (Lipinski definition) is 4. The van der Waals surface area contributed by atoms with Gasteiger partial charge in [-0.1, -0.05) is 47.7 Å². The maximum Gasteiger partial charge on any atom is 0.336 e. The van der Waals surface area contributed by atoms with E-state index in [-0.39, 0.29) is 22.3 Å². The van der Waals surface area contributed by atoms with Crippen LogP contribution in [0.3, 0.4) is 0 Å². The van der Waals surface area contributed by atoms with Crippen LogP contribution in [0.25, 0.3) is 0 Å². The van der Waals surface area contributed by atoms with Gasteiger partial charge in [-0.3, -0.25) is 0 Å². The van der Waals surface area contributed by atoms with Crippen molar-refractivity contribution in [1.29, 1.82) is 0 Å². The molecule has 3 aromatic rings. The fraction of sp³-hybridized carbons (Fsp3) is 0.0435.